The third-order valence-corrected chi connectivity index (χ3v) is 2.01. The Bertz CT molecular complexity index is 424. The molecule has 92 valence electrons. The van der Waals surface area contributed by atoms with Gasteiger partial charge in [0.1, 0.15) is 11.0 Å². The zero-order chi connectivity index (χ0) is 12.7. The van der Waals surface area contributed by atoms with Gasteiger partial charge < -0.3 is 0 Å². The number of nitrogens with zero attached hydrogens (tertiary/aromatic N) is 1. The van der Waals surface area contributed by atoms with Crippen molar-refractivity contribution in [2.45, 2.75) is 19.8 Å². The maximum Gasteiger partial charge on any atom is 0.437 e. The number of oxime groups is 1. The third kappa shape index (κ3) is 5.31. The molecular weight excluding hydrogens is 247 g/mol. The standard InChI is InChI=1S/C11H12ClFN2O2/c1-2-4-10(12)15-17-11(16)14-9-6-3-5-8(13)7-9/h3,5-7H,2,4H2,1H3,(H,14,16)/b15-10-. The third-order valence-electron chi connectivity index (χ3n) is 1.75. The highest BCUT2D eigenvalue weighted by Gasteiger charge is 2.04. The average molecular weight is 259 g/mol. The monoisotopic (exact) mass is 258 g/mol. The first-order chi connectivity index (χ1) is 8.11. The van der Waals surface area contributed by atoms with Crippen molar-refractivity contribution in [2.75, 3.05) is 5.32 Å². The van der Waals surface area contributed by atoms with Crippen LogP contribution in [0, 0.1) is 5.82 Å². The largest absolute Gasteiger partial charge is 0.437 e. The summed E-state index contributed by atoms with van der Waals surface area (Å²) in [5, 5.41) is 5.93. The lowest BCUT2D eigenvalue weighted by Crippen LogP contribution is -2.11. The molecule has 1 amide bonds. The van der Waals surface area contributed by atoms with Crippen LogP contribution in [0.4, 0.5) is 14.9 Å². The van der Waals surface area contributed by atoms with Gasteiger partial charge in [-0.05, 0) is 24.6 Å². The number of benzene rings is 1. The maximum atomic E-state index is 12.8. The molecule has 0 fully saturated rings. The van der Waals surface area contributed by atoms with Gasteiger partial charge in [0.15, 0.2) is 0 Å². The predicted molar refractivity (Wildman–Crippen MR) is 64.7 cm³/mol. The van der Waals surface area contributed by atoms with Gasteiger partial charge in [-0.25, -0.2) is 9.18 Å². The summed E-state index contributed by atoms with van der Waals surface area (Å²) in [4.78, 5) is 15.7. The minimum absolute atomic E-state index is 0.210. The average Bonchev–Trinajstić information content (AvgIpc) is 2.27. The number of hydrogen-bond acceptors (Lipinski definition) is 3. The molecule has 1 aromatic rings. The summed E-state index contributed by atoms with van der Waals surface area (Å²) in [6.45, 7) is 1.92. The molecule has 0 heterocycles. The Kier molecular flexibility index (Phi) is 5.42. The predicted octanol–water partition coefficient (Wildman–Crippen LogP) is 3.73. The summed E-state index contributed by atoms with van der Waals surface area (Å²) < 4.78 is 12.8. The van der Waals surface area contributed by atoms with E-state index in [1.165, 1.54) is 24.3 Å². The van der Waals surface area contributed by atoms with Gasteiger partial charge in [0.2, 0.25) is 0 Å². The summed E-state index contributed by atoms with van der Waals surface area (Å²) in [6, 6.07) is 5.44. The van der Waals surface area contributed by atoms with E-state index in [1.54, 1.807) is 0 Å². The second-order valence-electron chi connectivity index (χ2n) is 3.23. The van der Waals surface area contributed by atoms with E-state index in [-0.39, 0.29) is 10.9 Å². The molecule has 0 spiro atoms. The van der Waals surface area contributed by atoms with Crippen LogP contribution in [0.3, 0.4) is 0 Å². The zero-order valence-electron chi connectivity index (χ0n) is 9.24. The van der Waals surface area contributed by atoms with Crippen LogP contribution in [0.25, 0.3) is 0 Å². The SMILES string of the molecule is CCC/C(Cl)=N/OC(=O)Nc1cccc(F)c1. The number of carbonyl (C=O) groups is 1. The van der Waals surface area contributed by atoms with Crippen molar-refractivity contribution in [3.8, 4) is 0 Å². The molecule has 0 unspecified atom stereocenters. The molecule has 0 bridgehead atoms. The van der Waals surface area contributed by atoms with Crippen molar-refractivity contribution in [1.29, 1.82) is 0 Å². The Morgan fingerprint density at radius 2 is 2.35 bits per heavy atom. The lowest BCUT2D eigenvalue weighted by Gasteiger charge is -2.02. The van der Waals surface area contributed by atoms with E-state index in [1.807, 2.05) is 6.92 Å². The molecule has 0 saturated carbocycles. The molecule has 0 aliphatic heterocycles. The fraction of sp³-hybridized carbons (Fsp3) is 0.273. The Labute approximate surface area is 103 Å². The Morgan fingerprint density at radius 3 is 3.00 bits per heavy atom. The molecule has 0 aliphatic rings. The number of halogens is 2. The van der Waals surface area contributed by atoms with Crippen molar-refractivity contribution in [3.63, 3.8) is 0 Å². The quantitative estimate of drug-likeness (QED) is 0.508. The molecule has 1 N–H and O–H groups in total. The lowest BCUT2D eigenvalue weighted by molar-refractivity contribution is 0.166. The molecule has 4 nitrogen and oxygen atoms in total. The molecule has 0 aromatic heterocycles. The smallest absolute Gasteiger partial charge is 0.297 e. The zero-order valence-corrected chi connectivity index (χ0v) is 10.00. The van der Waals surface area contributed by atoms with Crippen LogP contribution >= 0.6 is 11.6 Å². The number of amides is 1. The number of carbonyl (C=O) groups excluding carboxylic acids is 1. The van der Waals surface area contributed by atoms with Crippen LogP contribution in [0.1, 0.15) is 19.8 Å². The molecule has 0 radical (unpaired) electrons. The topological polar surface area (TPSA) is 50.7 Å². The van der Waals surface area contributed by atoms with Crippen LogP contribution in [0.15, 0.2) is 29.4 Å². The van der Waals surface area contributed by atoms with Gasteiger partial charge in [-0.2, -0.15) is 0 Å². The van der Waals surface area contributed by atoms with Crippen LogP contribution in [0.5, 0.6) is 0 Å². The van der Waals surface area contributed by atoms with Crippen molar-refractivity contribution in [1.82, 2.24) is 0 Å². The van der Waals surface area contributed by atoms with Crippen LogP contribution < -0.4 is 5.32 Å². The number of rotatable bonds is 4. The van der Waals surface area contributed by atoms with E-state index >= 15 is 0 Å². The fourth-order valence-corrected chi connectivity index (χ4v) is 1.27. The van der Waals surface area contributed by atoms with Gasteiger partial charge in [0, 0.05) is 12.1 Å². The molecule has 1 aromatic carbocycles. The van der Waals surface area contributed by atoms with Crippen molar-refractivity contribution >= 4 is 28.6 Å². The highest BCUT2D eigenvalue weighted by Crippen LogP contribution is 2.09. The number of anilines is 1. The van der Waals surface area contributed by atoms with E-state index in [0.717, 1.165) is 6.42 Å². The number of hydrogen-bond donors (Lipinski definition) is 1. The van der Waals surface area contributed by atoms with E-state index in [0.29, 0.717) is 6.42 Å². The molecule has 0 saturated heterocycles. The van der Waals surface area contributed by atoms with Crippen LogP contribution in [0.2, 0.25) is 0 Å². The van der Waals surface area contributed by atoms with Crippen LogP contribution in [-0.2, 0) is 4.84 Å². The van der Waals surface area contributed by atoms with E-state index in [2.05, 4.69) is 15.3 Å². The van der Waals surface area contributed by atoms with E-state index in [4.69, 9.17) is 11.6 Å². The summed E-state index contributed by atoms with van der Waals surface area (Å²) in [7, 11) is 0. The normalized spacial score (nSPS) is 11.1. The highest BCUT2D eigenvalue weighted by molar-refractivity contribution is 6.65. The number of nitrogens with one attached hydrogen (secondary N) is 1. The summed E-state index contributed by atoms with van der Waals surface area (Å²) in [5.41, 5.74) is 0.289. The molecule has 0 aliphatic carbocycles. The minimum Gasteiger partial charge on any atom is -0.297 e. The Hall–Kier alpha value is -1.62. The second-order valence-corrected chi connectivity index (χ2v) is 3.67. The molecule has 0 atom stereocenters. The Balaban J connectivity index is 2.47. The highest BCUT2D eigenvalue weighted by atomic mass is 35.5. The van der Waals surface area contributed by atoms with Gasteiger partial charge in [-0.1, -0.05) is 29.7 Å². The second kappa shape index (κ2) is 6.85. The first-order valence-electron chi connectivity index (χ1n) is 5.07. The van der Waals surface area contributed by atoms with Gasteiger partial charge in [0.05, 0.1) is 0 Å². The summed E-state index contributed by atoms with van der Waals surface area (Å²) in [5.74, 6) is -0.449. The van der Waals surface area contributed by atoms with Gasteiger partial charge in [0.25, 0.3) is 0 Å². The molecule has 1 rings (SSSR count). The molecular formula is C11H12ClFN2O2. The summed E-state index contributed by atoms with van der Waals surface area (Å²) in [6.07, 6.45) is 0.524. The lowest BCUT2D eigenvalue weighted by atomic mass is 10.3. The van der Waals surface area contributed by atoms with Gasteiger partial charge in [-0.15, -0.1) is 0 Å². The fourth-order valence-electron chi connectivity index (χ4n) is 1.05. The first-order valence-corrected chi connectivity index (χ1v) is 5.45. The van der Waals surface area contributed by atoms with E-state index in [9.17, 15) is 9.18 Å². The molecule has 6 heteroatoms. The minimum atomic E-state index is -0.815. The van der Waals surface area contributed by atoms with Gasteiger partial charge in [-0.3, -0.25) is 10.2 Å². The maximum absolute atomic E-state index is 12.8. The van der Waals surface area contributed by atoms with Crippen LogP contribution in [-0.4, -0.2) is 11.3 Å². The van der Waals surface area contributed by atoms with Gasteiger partial charge >= 0.3 is 6.09 Å². The van der Waals surface area contributed by atoms with Crippen molar-refractivity contribution in [3.05, 3.63) is 30.1 Å². The van der Waals surface area contributed by atoms with Crippen molar-refractivity contribution < 1.29 is 14.0 Å². The Morgan fingerprint density at radius 1 is 1.59 bits per heavy atom. The van der Waals surface area contributed by atoms with E-state index < -0.39 is 11.9 Å². The summed E-state index contributed by atoms with van der Waals surface area (Å²) >= 11 is 5.64. The first kappa shape index (κ1) is 13.4. The van der Waals surface area contributed by atoms with Crippen molar-refractivity contribution in [2.24, 2.45) is 5.16 Å². The molecule has 17 heavy (non-hydrogen) atoms.